The maximum atomic E-state index is 13.1. The average Bonchev–Trinajstić information content (AvgIpc) is 2.16. The first kappa shape index (κ1) is 11.0. The Balaban J connectivity index is 3.38. The van der Waals surface area contributed by atoms with Crippen molar-refractivity contribution in [3.63, 3.8) is 0 Å². The van der Waals surface area contributed by atoms with Crippen LogP contribution in [0.3, 0.4) is 0 Å². The summed E-state index contributed by atoms with van der Waals surface area (Å²) in [7, 11) is 0. The molecule has 1 rings (SSSR count). The monoisotopic (exact) mass is 211 g/mol. The van der Waals surface area contributed by atoms with Crippen LogP contribution in [0.2, 0.25) is 0 Å². The van der Waals surface area contributed by atoms with Crippen LogP contribution in [-0.2, 0) is 6.42 Å². The molecule has 0 radical (unpaired) electrons. The van der Waals surface area contributed by atoms with E-state index in [4.69, 9.17) is 10.5 Å². The first-order valence-electron chi connectivity index (χ1n) is 3.84. The van der Waals surface area contributed by atoms with E-state index in [9.17, 15) is 13.2 Å². The third kappa shape index (κ3) is 2.23. The first-order valence-corrected chi connectivity index (χ1v) is 3.84. The van der Waals surface area contributed by atoms with Crippen LogP contribution in [-0.4, -0.2) is 4.98 Å². The summed E-state index contributed by atoms with van der Waals surface area (Å²) in [6, 6.07) is 3.74. The SMILES string of the molecule is N#CCc1nc(C#N)cc(F)c1C(F)F. The number of rotatable bonds is 2. The molecule has 6 heteroatoms. The smallest absolute Gasteiger partial charge is 0.240 e. The Morgan fingerprint density at radius 2 is 2.07 bits per heavy atom. The highest BCUT2D eigenvalue weighted by Gasteiger charge is 2.20. The number of nitrogens with zero attached hydrogens (tertiary/aromatic N) is 3. The lowest BCUT2D eigenvalue weighted by molar-refractivity contribution is 0.144. The lowest BCUT2D eigenvalue weighted by atomic mass is 10.1. The fourth-order valence-corrected chi connectivity index (χ4v) is 1.07. The van der Waals surface area contributed by atoms with Gasteiger partial charge in [0.05, 0.1) is 23.7 Å². The van der Waals surface area contributed by atoms with Gasteiger partial charge in [0, 0.05) is 6.07 Å². The standard InChI is InChI=1S/C9H4F3N3/c10-6-3-5(4-14)15-7(1-2-13)8(6)9(11)12/h3,9H,1H2. The molecule has 1 heterocycles. The zero-order chi connectivity index (χ0) is 11.4. The normalized spacial score (nSPS) is 9.73. The number of nitriles is 2. The van der Waals surface area contributed by atoms with E-state index in [-0.39, 0.29) is 11.4 Å². The second kappa shape index (κ2) is 4.43. The Morgan fingerprint density at radius 1 is 1.40 bits per heavy atom. The fourth-order valence-electron chi connectivity index (χ4n) is 1.07. The Labute approximate surface area is 83.4 Å². The van der Waals surface area contributed by atoms with E-state index < -0.39 is 24.2 Å². The number of pyridine rings is 1. The topological polar surface area (TPSA) is 60.5 Å². The van der Waals surface area contributed by atoms with Crippen LogP contribution in [0.1, 0.15) is 23.4 Å². The summed E-state index contributed by atoms with van der Waals surface area (Å²) in [6.45, 7) is 0. The predicted octanol–water partition coefficient (Wildman–Crippen LogP) is 2.10. The minimum absolute atomic E-state index is 0.317. The van der Waals surface area contributed by atoms with E-state index >= 15 is 0 Å². The van der Waals surface area contributed by atoms with Gasteiger partial charge in [-0.3, -0.25) is 0 Å². The molecule has 0 N–H and O–H groups in total. The molecule has 0 saturated carbocycles. The summed E-state index contributed by atoms with van der Waals surface area (Å²) >= 11 is 0. The van der Waals surface area contributed by atoms with Gasteiger partial charge >= 0.3 is 0 Å². The predicted molar refractivity (Wildman–Crippen MR) is 43.2 cm³/mol. The Bertz CT molecular complexity index is 457. The van der Waals surface area contributed by atoms with Crippen LogP contribution in [0.15, 0.2) is 6.07 Å². The van der Waals surface area contributed by atoms with Crippen LogP contribution < -0.4 is 0 Å². The molecule has 0 bridgehead atoms. The number of aromatic nitrogens is 1. The molecule has 15 heavy (non-hydrogen) atoms. The molecule has 0 saturated heterocycles. The van der Waals surface area contributed by atoms with E-state index in [1.807, 2.05) is 0 Å². The molecule has 0 amide bonds. The van der Waals surface area contributed by atoms with Crippen molar-refractivity contribution < 1.29 is 13.2 Å². The maximum absolute atomic E-state index is 13.1. The van der Waals surface area contributed by atoms with Gasteiger partial charge in [0.25, 0.3) is 6.43 Å². The number of hydrogen-bond donors (Lipinski definition) is 0. The van der Waals surface area contributed by atoms with Crippen molar-refractivity contribution in [1.82, 2.24) is 4.98 Å². The van der Waals surface area contributed by atoms with Crippen molar-refractivity contribution in [2.75, 3.05) is 0 Å². The molecule has 0 fully saturated rings. The minimum Gasteiger partial charge on any atom is -0.240 e. The highest BCUT2D eigenvalue weighted by atomic mass is 19.3. The van der Waals surface area contributed by atoms with Crippen LogP contribution >= 0.6 is 0 Å². The van der Waals surface area contributed by atoms with E-state index in [0.717, 1.165) is 0 Å². The fraction of sp³-hybridized carbons (Fsp3) is 0.222. The molecule has 1 aromatic heterocycles. The molecule has 3 nitrogen and oxygen atoms in total. The number of alkyl halides is 2. The lowest BCUT2D eigenvalue weighted by Gasteiger charge is -2.06. The van der Waals surface area contributed by atoms with Crippen molar-refractivity contribution in [3.05, 3.63) is 28.8 Å². The third-order valence-electron chi connectivity index (χ3n) is 1.67. The van der Waals surface area contributed by atoms with E-state index in [2.05, 4.69) is 4.98 Å². The molecular formula is C9H4F3N3. The summed E-state index contributed by atoms with van der Waals surface area (Å²) in [6.07, 6.45) is -3.50. The van der Waals surface area contributed by atoms with Gasteiger partial charge in [-0.15, -0.1) is 0 Å². The Hall–Kier alpha value is -2.08. The largest absolute Gasteiger partial charge is 0.268 e. The molecule has 0 unspecified atom stereocenters. The maximum Gasteiger partial charge on any atom is 0.268 e. The molecule has 76 valence electrons. The van der Waals surface area contributed by atoms with Gasteiger partial charge < -0.3 is 0 Å². The van der Waals surface area contributed by atoms with Crippen molar-refractivity contribution in [3.8, 4) is 12.1 Å². The molecular weight excluding hydrogens is 207 g/mol. The molecule has 1 aromatic rings. The molecule has 0 aliphatic rings. The molecule has 0 aliphatic carbocycles. The second-order valence-electron chi connectivity index (χ2n) is 2.60. The molecule has 0 aliphatic heterocycles. The highest BCUT2D eigenvalue weighted by molar-refractivity contribution is 5.32. The number of hydrogen-bond acceptors (Lipinski definition) is 3. The van der Waals surface area contributed by atoms with E-state index in [0.29, 0.717) is 6.07 Å². The van der Waals surface area contributed by atoms with Gasteiger partial charge in [-0.1, -0.05) is 0 Å². The van der Waals surface area contributed by atoms with Gasteiger partial charge in [0.15, 0.2) is 0 Å². The van der Waals surface area contributed by atoms with Gasteiger partial charge in [0.2, 0.25) is 0 Å². The number of halogens is 3. The summed E-state index contributed by atoms with van der Waals surface area (Å²) in [5.74, 6) is -1.21. The van der Waals surface area contributed by atoms with Gasteiger partial charge in [-0.05, 0) is 0 Å². The Kier molecular flexibility index (Phi) is 3.25. The van der Waals surface area contributed by atoms with Crippen LogP contribution in [0.5, 0.6) is 0 Å². The zero-order valence-corrected chi connectivity index (χ0v) is 7.34. The van der Waals surface area contributed by atoms with Crippen molar-refractivity contribution in [2.45, 2.75) is 12.8 Å². The van der Waals surface area contributed by atoms with Gasteiger partial charge in [-0.25, -0.2) is 18.2 Å². The zero-order valence-electron chi connectivity index (χ0n) is 7.34. The minimum atomic E-state index is -3.05. The summed E-state index contributed by atoms with van der Waals surface area (Å²) in [4.78, 5) is 3.46. The summed E-state index contributed by atoms with van der Waals surface area (Å²) < 4.78 is 37.8. The summed E-state index contributed by atoms with van der Waals surface area (Å²) in [5, 5.41) is 16.8. The summed E-state index contributed by atoms with van der Waals surface area (Å²) in [5.41, 5.74) is -1.61. The van der Waals surface area contributed by atoms with Gasteiger partial charge in [-0.2, -0.15) is 10.5 Å². The van der Waals surface area contributed by atoms with E-state index in [1.165, 1.54) is 6.07 Å². The molecule has 0 aromatic carbocycles. The quantitative estimate of drug-likeness (QED) is 0.752. The van der Waals surface area contributed by atoms with Crippen LogP contribution in [0.25, 0.3) is 0 Å². The first-order chi connectivity index (χ1) is 7.10. The van der Waals surface area contributed by atoms with E-state index in [1.54, 1.807) is 6.07 Å². The van der Waals surface area contributed by atoms with Crippen LogP contribution in [0.4, 0.5) is 13.2 Å². The Morgan fingerprint density at radius 3 is 2.53 bits per heavy atom. The van der Waals surface area contributed by atoms with Crippen molar-refractivity contribution in [1.29, 1.82) is 10.5 Å². The molecule has 0 spiro atoms. The van der Waals surface area contributed by atoms with Crippen molar-refractivity contribution in [2.24, 2.45) is 0 Å². The highest BCUT2D eigenvalue weighted by Crippen LogP contribution is 2.25. The third-order valence-corrected chi connectivity index (χ3v) is 1.67. The van der Waals surface area contributed by atoms with Gasteiger partial charge in [0.1, 0.15) is 17.6 Å². The molecule has 0 atom stereocenters. The van der Waals surface area contributed by atoms with Crippen LogP contribution in [0, 0.1) is 28.5 Å². The lowest BCUT2D eigenvalue weighted by Crippen LogP contribution is -2.03. The second-order valence-corrected chi connectivity index (χ2v) is 2.60. The van der Waals surface area contributed by atoms with Crippen molar-refractivity contribution >= 4 is 0 Å². The average molecular weight is 211 g/mol.